The molecule has 75 heavy (non-hydrogen) atoms. The van der Waals surface area contributed by atoms with Crippen LogP contribution in [0.25, 0.3) is 0 Å². The molecule has 0 saturated heterocycles. The third-order valence-corrected chi connectivity index (χ3v) is 12.0. The molecule has 24 heteroatoms. The third kappa shape index (κ3) is 16.6. The van der Waals surface area contributed by atoms with Crippen LogP contribution in [0.15, 0.2) is 124 Å². The van der Waals surface area contributed by atoms with Crippen LogP contribution in [-0.2, 0) is 33.5 Å². The number of carbonyl (C=O) groups excluding carboxylic acids is 3. The molecule has 18 nitrogen and oxygen atoms in total. The van der Waals surface area contributed by atoms with Crippen LogP contribution < -0.4 is 33.2 Å². The van der Waals surface area contributed by atoms with Crippen LogP contribution in [0.3, 0.4) is 0 Å². The fourth-order valence-corrected chi connectivity index (χ4v) is 7.59. The van der Waals surface area contributed by atoms with Crippen LogP contribution in [0, 0.1) is 23.7 Å². The van der Waals surface area contributed by atoms with Gasteiger partial charge in [-0.2, -0.15) is 18.2 Å². The first kappa shape index (κ1) is 54.4. The minimum absolute atomic E-state index is 0.0582. The molecule has 0 radical (unpaired) electrons. The fourth-order valence-electron chi connectivity index (χ4n) is 7.32. The zero-order valence-corrected chi connectivity index (χ0v) is 41.1. The van der Waals surface area contributed by atoms with Crippen molar-refractivity contribution >= 4 is 76.1 Å². The van der Waals surface area contributed by atoms with E-state index in [1.54, 1.807) is 24.3 Å². The average molecular weight is 1070 g/mol. The molecule has 3 unspecified atom stereocenters. The van der Waals surface area contributed by atoms with E-state index in [0.717, 1.165) is 73.4 Å². The summed E-state index contributed by atoms with van der Waals surface area (Å²) in [6.45, 7) is 1.53. The van der Waals surface area contributed by atoms with Gasteiger partial charge in [0.15, 0.2) is 0 Å². The molecule has 3 aromatic carbocycles. The highest BCUT2D eigenvalue weighted by molar-refractivity contribution is 6.41. The van der Waals surface area contributed by atoms with E-state index in [9.17, 15) is 31.9 Å². The standard InChI is InChI=1S/C17H16Cl2N4O2.2C17H16F2N4O2/c18-14-7-11(8-21-15(14)19)16(24)22-12-4-1-10(2-5-12)3-6-13-9-25-17(20)23-13;18-11-7-14(15(19)21-8-11)16(24)22-12-4-1-10(2-5-12)3-6-13-9-25-17(20)23-13;18-14-8-7-13(15(19)23-14)16(24)21-11-4-1-10(2-5-11)3-6-12-9-25-17(20)22-12/h2*1-2,4-5,7-8,13H,3,6,9H2,(H2,20,23)(H,22,24);1-2,4-5,7-8,12H,3,6,9H2,(H2,20,22)(H,21,24). The van der Waals surface area contributed by atoms with E-state index in [1.807, 2.05) is 48.5 Å². The van der Waals surface area contributed by atoms with Crippen molar-refractivity contribution < 1.29 is 46.2 Å². The maximum absolute atomic E-state index is 13.5. The van der Waals surface area contributed by atoms with E-state index in [2.05, 4.69) is 45.9 Å². The molecule has 3 aromatic heterocycles. The highest BCUT2D eigenvalue weighted by atomic mass is 35.5. The molecule has 0 bridgehead atoms. The molecule has 0 aliphatic carbocycles. The molecular weight excluding hydrogens is 1020 g/mol. The molecule has 3 amide bonds. The number of halogens is 6. The molecule has 6 aromatic rings. The van der Waals surface area contributed by atoms with Gasteiger partial charge < -0.3 is 47.4 Å². The van der Waals surface area contributed by atoms with Crippen LogP contribution in [0.5, 0.6) is 0 Å². The number of amidine groups is 3. The number of carbonyl (C=O) groups is 3. The van der Waals surface area contributed by atoms with Crippen molar-refractivity contribution in [1.29, 1.82) is 0 Å². The van der Waals surface area contributed by atoms with Crippen molar-refractivity contribution in [2.75, 3.05) is 35.8 Å². The number of ether oxygens (including phenoxy) is 3. The number of hydrogen-bond acceptors (Lipinski definition) is 15. The van der Waals surface area contributed by atoms with Gasteiger partial charge in [0, 0.05) is 23.3 Å². The number of nitrogens with two attached hydrogens (primary N) is 3. The average Bonchev–Trinajstić information content (AvgIpc) is 4.15. The lowest BCUT2D eigenvalue weighted by molar-refractivity contribution is 0.101. The lowest BCUT2D eigenvalue weighted by Gasteiger charge is -2.08. The maximum atomic E-state index is 13.5. The van der Waals surface area contributed by atoms with Gasteiger partial charge in [-0.25, -0.2) is 29.3 Å². The number of nitrogens with one attached hydrogen (secondary N) is 3. The highest BCUT2D eigenvalue weighted by Crippen LogP contribution is 2.22. The second kappa shape index (κ2) is 26.0. The molecule has 390 valence electrons. The minimum atomic E-state index is -1.15. The predicted molar refractivity (Wildman–Crippen MR) is 275 cm³/mol. The quantitative estimate of drug-likeness (QED) is 0.0425. The summed E-state index contributed by atoms with van der Waals surface area (Å²) in [5.74, 6) is -5.66. The van der Waals surface area contributed by atoms with Crippen molar-refractivity contribution in [3.8, 4) is 0 Å². The molecule has 3 aliphatic heterocycles. The van der Waals surface area contributed by atoms with Gasteiger partial charge in [0.05, 0.1) is 46.0 Å². The second-order valence-electron chi connectivity index (χ2n) is 16.8. The largest absolute Gasteiger partial charge is 0.463 e. The van der Waals surface area contributed by atoms with Gasteiger partial charge >= 0.3 is 0 Å². The monoisotopic (exact) mass is 1070 g/mol. The Balaban J connectivity index is 0.000000164. The maximum Gasteiger partial charge on any atom is 0.282 e. The van der Waals surface area contributed by atoms with Crippen molar-refractivity contribution in [2.45, 2.75) is 56.7 Å². The lowest BCUT2D eigenvalue weighted by atomic mass is 10.1. The lowest BCUT2D eigenvalue weighted by Crippen LogP contribution is -2.15. The van der Waals surface area contributed by atoms with Crippen molar-refractivity contribution in [2.24, 2.45) is 32.2 Å². The molecule has 9 rings (SSSR count). The summed E-state index contributed by atoms with van der Waals surface area (Å²) in [4.78, 5) is 58.8. The number of rotatable bonds is 15. The Bertz CT molecular complexity index is 3080. The highest BCUT2D eigenvalue weighted by Gasteiger charge is 2.20. The Hall–Kier alpha value is -8.37. The fraction of sp³-hybridized carbons (Fsp3) is 0.235. The Morgan fingerprint density at radius 2 is 0.960 bits per heavy atom. The number of amides is 3. The van der Waals surface area contributed by atoms with Crippen LogP contribution in [0.1, 0.15) is 67.0 Å². The van der Waals surface area contributed by atoms with E-state index in [0.29, 0.717) is 48.6 Å². The molecule has 9 N–H and O–H groups in total. The topological polar surface area (TPSA) is 269 Å². The van der Waals surface area contributed by atoms with Crippen molar-refractivity contribution in [3.05, 3.63) is 177 Å². The summed E-state index contributed by atoms with van der Waals surface area (Å²) < 4.78 is 68.2. The summed E-state index contributed by atoms with van der Waals surface area (Å²) >= 11 is 11.6. The van der Waals surface area contributed by atoms with Gasteiger partial charge in [-0.05, 0) is 116 Å². The Morgan fingerprint density at radius 3 is 1.36 bits per heavy atom. The number of aromatic nitrogens is 3. The first-order chi connectivity index (χ1) is 36.0. The Labute approximate surface area is 436 Å². The molecule has 6 heterocycles. The summed E-state index contributed by atoms with van der Waals surface area (Å²) in [6, 6.07) is 27.1. The van der Waals surface area contributed by atoms with E-state index in [4.69, 9.17) is 54.6 Å². The SMILES string of the molecule is NC1=NC(CCc2ccc(NC(=O)c3cc(F)cnc3F)cc2)CO1.NC1=NC(CCc2ccc(NC(=O)c3ccc(F)nc3F)cc2)CO1.NC1=NC(CCc2ccc(NC(=O)c3cnc(Cl)c(Cl)c3)cc2)CO1. The van der Waals surface area contributed by atoms with E-state index in [1.165, 1.54) is 12.3 Å². The summed E-state index contributed by atoms with van der Waals surface area (Å²) in [6.07, 6.45) is 6.99. The summed E-state index contributed by atoms with van der Waals surface area (Å²) in [5.41, 5.74) is 20.9. The van der Waals surface area contributed by atoms with Gasteiger partial charge in [0.1, 0.15) is 30.8 Å². The van der Waals surface area contributed by atoms with Crippen molar-refractivity contribution in [1.82, 2.24) is 15.0 Å². The molecule has 0 spiro atoms. The smallest absolute Gasteiger partial charge is 0.282 e. The molecule has 0 fully saturated rings. The molecule has 0 saturated carbocycles. The zero-order valence-electron chi connectivity index (χ0n) is 39.6. The molecule has 3 atom stereocenters. The molecular formula is C51H48Cl2F4N12O6. The van der Waals surface area contributed by atoms with Crippen LogP contribution in [0.4, 0.5) is 34.6 Å². The minimum Gasteiger partial charge on any atom is -0.463 e. The summed E-state index contributed by atoms with van der Waals surface area (Å²) in [7, 11) is 0. The predicted octanol–water partition coefficient (Wildman–Crippen LogP) is 7.80. The number of aliphatic imine (C=N–C) groups is 3. The van der Waals surface area contributed by atoms with Crippen molar-refractivity contribution in [3.63, 3.8) is 0 Å². The van der Waals surface area contributed by atoms with Gasteiger partial charge in [0.2, 0.25) is 17.8 Å². The van der Waals surface area contributed by atoms with Crippen LogP contribution in [0.2, 0.25) is 10.2 Å². The number of benzene rings is 3. The first-order valence-electron chi connectivity index (χ1n) is 23.1. The number of hydrogen-bond donors (Lipinski definition) is 6. The number of nitrogens with zero attached hydrogens (tertiary/aromatic N) is 6. The van der Waals surface area contributed by atoms with E-state index >= 15 is 0 Å². The zero-order chi connectivity index (χ0) is 53.4. The van der Waals surface area contributed by atoms with Crippen LogP contribution in [-0.4, -0.2) is 88.7 Å². The van der Waals surface area contributed by atoms with E-state index in [-0.39, 0.29) is 57.8 Å². The van der Waals surface area contributed by atoms with E-state index < -0.39 is 41.0 Å². The summed E-state index contributed by atoms with van der Waals surface area (Å²) in [5, 5.41) is 8.27. The normalized spacial score (nSPS) is 16.2. The number of aryl methyl sites for hydroxylation is 3. The Kier molecular flexibility index (Phi) is 18.9. The second-order valence-corrected chi connectivity index (χ2v) is 17.6. The molecule has 3 aliphatic rings. The van der Waals surface area contributed by atoms with Gasteiger partial charge in [-0.1, -0.05) is 59.6 Å². The number of anilines is 3. The van der Waals surface area contributed by atoms with Gasteiger partial charge in [-0.15, -0.1) is 0 Å². The number of pyridine rings is 3. The third-order valence-electron chi connectivity index (χ3n) is 11.3. The van der Waals surface area contributed by atoms with Gasteiger partial charge in [0.25, 0.3) is 35.8 Å². The first-order valence-corrected chi connectivity index (χ1v) is 23.8. The van der Waals surface area contributed by atoms with Crippen LogP contribution >= 0.6 is 23.2 Å². The Morgan fingerprint density at radius 1 is 0.533 bits per heavy atom. The van der Waals surface area contributed by atoms with Gasteiger partial charge in [-0.3, -0.25) is 14.4 Å².